The van der Waals surface area contributed by atoms with E-state index in [4.69, 9.17) is 0 Å². The lowest BCUT2D eigenvalue weighted by Crippen LogP contribution is -1.88. The van der Waals surface area contributed by atoms with Crippen molar-refractivity contribution in [2.24, 2.45) is 0 Å². The molecule has 0 saturated heterocycles. The van der Waals surface area contributed by atoms with Gasteiger partial charge in [0.15, 0.2) is 0 Å². The largest absolute Gasteiger partial charge is 0.171 e. The summed E-state index contributed by atoms with van der Waals surface area (Å²) in [5.41, 5.74) is 1.29. The third-order valence-corrected chi connectivity index (χ3v) is 2.22. The van der Waals surface area contributed by atoms with Gasteiger partial charge in [-0.3, -0.25) is 0 Å². The predicted octanol–water partition coefficient (Wildman–Crippen LogP) is 3.27. The summed E-state index contributed by atoms with van der Waals surface area (Å²) in [6.45, 7) is 3.80. The van der Waals surface area contributed by atoms with E-state index in [-0.39, 0.29) is 0 Å². The molecule has 1 rings (SSSR count). The van der Waals surface area contributed by atoms with Gasteiger partial charge in [0.1, 0.15) is 0 Å². The number of hydrogen-bond donors (Lipinski definition) is 1. The van der Waals surface area contributed by atoms with Gasteiger partial charge in [0.05, 0.1) is 0 Å². The summed E-state index contributed by atoms with van der Waals surface area (Å²) in [4.78, 5) is 0. The molecule has 1 radical (unpaired) electrons. The van der Waals surface area contributed by atoms with Gasteiger partial charge in [0.25, 0.3) is 0 Å². The fourth-order valence-corrected chi connectivity index (χ4v) is 1.39. The fraction of sp³-hybridized carbons (Fsp3) is 0.300. The highest BCUT2D eigenvalue weighted by Crippen LogP contribution is 2.23. The molecule has 0 aromatic heterocycles. The molecule has 0 saturated carbocycles. The van der Waals surface area contributed by atoms with Crippen molar-refractivity contribution in [3.05, 3.63) is 42.8 Å². The van der Waals surface area contributed by atoms with E-state index in [0.29, 0.717) is 5.25 Å². The Labute approximate surface area is 74.0 Å². The average Bonchev–Trinajstić information content (AvgIpc) is 2.07. The molecule has 11 heavy (non-hydrogen) atoms. The molecule has 1 unspecified atom stereocenters. The van der Waals surface area contributed by atoms with E-state index in [9.17, 15) is 0 Å². The van der Waals surface area contributed by atoms with Crippen LogP contribution in [0.2, 0.25) is 0 Å². The second kappa shape index (κ2) is 4.45. The Hall–Kier alpha value is -0.430. The molecule has 1 atom stereocenters. The normalized spacial score (nSPS) is 12.9. The summed E-state index contributed by atoms with van der Waals surface area (Å²) in [6.07, 6.45) is 2.00. The zero-order valence-electron chi connectivity index (χ0n) is 6.53. The maximum atomic E-state index is 4.46. The Morgan fingerprint density at radius 3 is 2.45 bits per heavy atom. The first kappa shape index (κ1) is 8.66. The van der Waals surface area contributed by atoms with Crippen LogP contribution in [0.3, 0.4) is 0 Å². The zero-order chi connectivity index (χ0) is 8.10. The molecule has 0 aliphatic carbocycles. The van der Waals surface area contributed by atoms with Gasteiger partial charge in [-0.1, -0.05) is 43.7 Å². The van der Waals surface area contributed by atoms with Crippen LogP contribution in [0.15, 0.2) is 30.3 Å². The molecule has 0 aliphatic heterocycles. The highest BCUT2D eigenvalue weighted by molar-refractivity contribution is 7.80. The summed E-state index contributed by atoms with van der Waals surface area (Å²) in [7, 11) is 0. The Bertz CT molecular complexity index is 193. The summed E-state index contributed by atoms with van der Waals surface area (Å²) < 4.78 is 0. The van der Waals surface area contributed by atoms with Crippen molar-refractivity contribution < 1.29 is 0 Å². The van der Waals surface area contributed by atoms with Gasteiger partial charge in [-0.25, -0.2) is 0 Å². The van der Waals surface area contributed by atoms with Crippen LogP contribution in [0.1, 0.15) is 23.7 Å². The molecule has 0 nitrogen and oxygen atoms in total. The van der Waals surface area contributed by atoms with Crippen LogP contribution < -0.4 is 0 Å². The lowest BCUT2D eigenvalue weighted by molar-refractivity contribution is 0.826. The quantitative estimate of drug-likeness (QED) is 0.653. The summed E-state index contributed by atoms with van der Waals surface area (Å²) in [5.74, 6) is 0. The van der Waals surface area contributed by atoms with E-state index < -0.39 is 0 Å². The number of thiol groups is 1. The van der Waals surface area contributed by atoms with Gasteiger partial charge in [-0.05, 0) is 12.0 Å². The molecule has 0 spiro atoms. The molecule has 1 heteroatoms. The van der Waals surface area contributed by atoms with Crippen molar-refractivity contribution in [1.29, 1.82) is 0 Å². The minimum absolute atomic E-state index is 0.355. The highest BCUT2D eigenvalue weighted by atomic mass is 32.1. The van der Waals surface area contributed by atoms with Crippen molar-refractivity contribution in [1.82, 2.24) is 0 Å². The average molecular weight is 165 g/mol. The molecule has 0 heterocycles. The topological polar surface area (TPSA) is 0 Å². The fourth-order valence-electron chi connectivity index (χ4n) is 1.04. The smallest absolute Gasteiger partial charge is 0.0267 e. The Morgan fingerprint density at radius 1 is 1.27 bits per heavy atom. The Balaban J connectivity index is 2.61. The van der Waals surface area contributed by atoms with Crippen molar-refractivity contribution in [3.63, 3.8) is 0 Å². The third-order valence-electron chi connectivity index (χ3n) is 1.66. The molecule has 1 aromatic carbocycles. The van der Waals surface area contributed by atoms with Crippen LogP contribution in [0.5, 0.6) is 0 Å². The first-order valence-corrected chi connectivity index (χ1v) is 4.38. The lowest BCUT2D eigenvalue weighted by Gasteiger charge is -2.08. The van der Waals surface area contributed by atoms with E-state index in [2.05, 4.69) is 31.7 Å². The van der Waals surface area contributed by atoms with Crippen LogP contribution in [-0.2, 0) is 0 Å². The Morgan fingerprint density at radius 2 is 1.91 bits per heavy atom. The summed E-state index contributed by atoms with van der Waals surface area (Å²) in [5, 5.41) is 0.355. The minimum Gasteiger partial charge on any atom is -0.171 e. The van der Waals surface area contributed by atoms with Crippen molar-refractivity contribution >= 4 is 12.6 Å². The van der Waals surface area contributed by atoms with Gasteiger partial charge in [-0.15, -0.1) is 0 Å². The lowest BCUT2D eigenvalue weighted by atomic mass is 10.1. The molecule has 59 valence electrons. The third kappa shape index (κ3) is 2.58. The van der Waals surface area contributed by atoms with E-state index in [0.717, 1.165) is 12.8 Å². The van der Waals surface area contributed by atoms with Gasteiger partial charge >= 0.3 is 0 Å². The van der Waals surface area contributed by atoms with Crippen LogP contribution in [0.25, 0.3) is 0 Å². The van der Waals surface area contributed by atoms with E-state index in [1.807, 2.05) is 18.2 Å². The molecule has 0 bridgehead atoms. The van der Waals surface area contributed by atoms with Gasteiger partial charge < -0.3 is 0 Å². The van der Waals surface area contributed by atoms with Gasteiger partial charge in [-0.2, -0.15) is 12.6 Å². The number of hydrogen-bond acceptors (Lipinski definition) is 1. The van der Waals surface area contributed by atoms with Gasteiger partial charge in [0.2, 0.25) is 0 Å². The first-order chi connectivity index (χ1) is 5.34. The SMILES string of the molecule is [CH2]CCC(S)c1ccccc1. The predicted molar refractivity (Wildman–Crippen MR) is 52.8 cm³/mol. The standard InChI is InChI=1S/C10H13S/c1-2-6-10(11)9-7-4-3-5-8-9/h3-5,7-8,10-11H,1-2,6H2. The van der Waals surface area contributed by atoms with E-state index in [1.165, 1.54) is 5.56 Å². The minimum atomic E-state index is 0.355. The molecule has 0 fully saturated rings. The zero-order valence-corrected chi connectivity index (χ0v) is 7.43. The maximum absolute atomic E-state index is 4.46. The van der Waals surface area contributed by atoms with Crippen LogP contribution >= 0.6 is 12.6 Å². The van der Waals surface area contributed by atoms with Crippen LogP contribution in [0, 0.1) is 6.92 Å². The number of benzene rings is 1. The molecule has 0 amide bonds. The second-order valence-corrected chi connectivity index (χ2v) is 3.19. The van der Waals surface area contributed by atoms with Crippen molar-refractivity contribution in [2.45, 2.75) is 18.1 Å². The van der Waals surface area contributed by atoms with Crippen LogP contribution in [0.4, 0.5) is 0 Å². The molecule has 1 aromatic rings. The van der Waals surface area contributed by atoms with E-state index >= 15 is 0 Å². The van der Waals surface area contributed by atoms with Crippen molar-refractivity contribution in [2.75, 3.05) is 0 Å². The monoisotopic (exact) mass is 165 g/mol. The van der Waals surface area contributed by atoms with Crippen molar-refractivity contribution in [3.8, 4) is 0 Å². The first-order valence-electron chi connectivity index (χ1n) is 3.87. The molecular weight excluding hydrogens is 152 g/mol. The molecule has 0 aliphatic rings. The van der Waals surface area contributed by atoms with Crippen LogP contribution in [-0.4, -0.2) is 0 Å². The van der Waals surface area contributed by atoms with E-state index in [1.54, 1.807) is 0 Å². The molecule has 0 N–H and O–H groups in total. The summed E-state index contributed by atoms with van der Waals surface area (Å²) in [6, 6.07) is 10.3. The highest BCUT2D eigenvalue weighted by Gasteiger charge is 2.02. The molecular formula is C10H13S. The number of rotatable bonds is 3. The maximum Gasteiger partial charge on any atom is 0.0267 e. The Kier molecular flexibility index (Phi) is 3.50. The second-order valence-electron chi connectivity index (χ2n) is 2.57. The summed E-state index contributed by atoms with van der Waals surface area (Å²) >= 11 is 4.46. The van der Waals surface area contributed by atoms with Gasteiger partial charge in [0, 0.05) is 5.25 Å².